The lowest BCUT2D eigenvalue weighted by atomic mass is 9.86. The summed E-state index contributed by atoms with van der Waals surface area (Å²) in [6.07, 6.45) is 0. The lowest BCUT2D eigenvalue weighted by Gasteiger charge is -2.19. The van der Waals surface area contributed by atoms with Crippen LogP contribution < -0.4 is 0 Å². The maximum atomic E-state index is 9.59. The topological polar surface area (TPSA) is 28.7 Å². The molecule has 0 aliphatic heterocycles. The molecule has 0 spiro atoms. The first-order chi connectivity index (χ1) is 15.4. The molecule has 0 amide bonds. The van der Waals surface area contributed by atoms with Gasteiger partial charge in [-0.25, -0.2) is 0 Å². The van der Waals surface area contributed by atoms with Gasteiger partial charge < -0.3 is 4.57 Å². The molecule has 0 bridgehead atoms. The van der Waals surface area contributed by atoms with E-state index in [1.807, 2.05) is 18.2 Å². The average Bonchev–Trinajstić information content (AvgIpc) is 3.13. The smallest absolute Gasteiger partial charge is 0.0992 e. The van der Waals surface area contributed by atoms with Gasteiger partial charge in [-0.15, -0.1) is 0 Å². The number of aromatic nitrogens is 1. The summed E-state index contributed by atoms with van der Waals surface area (Å²) in [4.78, 5) is 0. The third-order valence-electron chi connectivity index (χ3n) is 6.02. The van der Waals surface area contributed by atoms with E-state index in [4.69, 9.17) is 0 Å². The summed E-state index contributed by atoms with van der Waals surface area (Å²) in [6, 6.07) is 32.0. The molecule has 0 saturated carbocycles. The van der Waals surface area contributed by atoms with Crippen molar-refractivity contribution in [3.63, 3.8) is 0 Å². The highest BCUT2D eigenvalue weighted by molar-refractivity contribution is 9.10. The van der Waals surface area contributed by atoms with Crippen LogP contribution in [0.4, 0.5) is 0 Å². The van der Waals surface area contributed by atoms with Crippen LogP contribution in [0, 0.1) is 11.3 Å². The molecular weight excluding hydrogens is 456 g/mol. The number of rotatable bonds is 2. The summed E-state index contributed by atoms with van der Waals surface area (Å²) >= 11 is 3.76. The minimum atomic E-state index is 0.0416. The van der Waals surface area contributed by atoms with E-state index < -0.39 is 0 Å². The third kappa shape index (κ3) is 3.42. The van der Waals surface area contributed by atoms with Crippen LogP contribution in [0.5, 0.6) is 0 Å². The van der Waals surface area contributed by atoms with Crippen LogP contribution in [-0.4, -0.2) is 4.57 Å². The second kappa shape index (κ2) is 7.65. The molecule has 1 aromatic heterocycles. The monoisotopic (exact) mass is 478 g/mol. The Kier molecular flexibility index (Phi) is 4.92. The molecule has 0 saturated heterocycles. The maximum Gasteiger partial charge on any atom is 0.0992 e. The van der Waals surface area contributed by atoms with Crippen molar-refractivity contribution in [1.82, 2.24) is 4.57 Å². The number of fused-ring (bicyclic) bond motifs is 3. The molecule has 32 heavy (non-hydrogen) atoms. The van der Waals surface area contributed by atoms with E-state index >= 15 is 0 Å². The zero-order valence-corrected chi connectivity index (χ0v) is 19.9. The van der Waals surface area contributed by atoms with Gasteiger partial charge >= 0.3 is 0 Å². The van der Waals surface area contributed by atoms with Crippen LogP contribution in [-0.2, 0) is 5.41 Å². The maximum absolute atomic E-state index is 9.59. The van der Waals surface area contributed by atoms with Crippen molar-refractivity contribution in [3.05, 3.63) is 101 Å². The number of benzene rings is 4. The van der Waals surface area contributed by atoms with Crippen molar-refractivity contribution in [2.24, 2.45) is 0 Å². The molecule has 0 aliphatic rings. The summed E-state index contributed by atoms with van der Waals surface area (Å²) in [6.45, 7) is 6.69. The Balaban J connectivity index is 1.86. The predicted molar refractivity (Wildman–Crippen MR) is 137 cm³/mol. The van der Waals surface area contributed by atoms with E-state index in [0.29, 0.717) is 5.56 Å². The van der Waals surface area contributed by atoms with Crippen LogP contribution >= 0.6 is 15.9 Å². The Bertz CT molecular complexity index is 1510. The number of nitriles is 1. The van der Waals surface area contributed by atoms with Gasteiger partial charge in [0.05, 0.1) is 22.7 Å². The summed E-state index contributed by atoms with van der Waals surface area (Å²) in [5.41, 5.74) is 7.65. The van der Waals surface area contributed by atoms with Crippen molar-refractivity contribution < 1.29 is 0 Å². The van der Waals surface area contributed by atoms with E-state index in [2.05, 4.69) is 114 Å². The normalized spacial score (nSPS) is 11.7. The van der Waals surface area contributed by atoms with Crippen LogP contribution in [0.25, 0.3) is 38.6 Å². The van der Waals surface area contributed by atoms with E-state index in [9.17, 15) is 5.26 Å². The number of nitrogens with zero attached hydrogens (tertiary/aromatic N) is 2. The molecular formula is C29H23BrN2. The molecule has 0 aliphatic carbocycles. The SMILES string of the molecule is CC(C)(C)c1ccc2c(c1)c1cc(C#N)cc(Br)c1n2-c1cccc(-c2ccccc2)c1. The Morgan fingerprint density at radius 2 is 1.53 bits per heavy atom. The quantitative estimate of drug-likeness (QED) is 0.250. The van der Waals surface area contributed by atoms with E-state index in [0.717, 1.165) is 32.0 Å². The third-order valence-corrected chi connectivity index (χ3v) is 6.63. The molecule has 5 aromatic rings. The van der Waals surface area contributed by atoms with Crippen LogP contribution in [0.15, 0.2) is 89.4 Å². The Labute approximate surface area is 196 Å². The molecule has 156 valence electrons. The Morgan fingerprint density at radius 3 is 2.25 bits per heavy atom. The molecule has 1 heterocycles. The summed E-state index contributed by atoms with van der Waals surface area (Å²) in [5.74, 6) is 0. The minimum absolute atomic E-state index is 0.0416. The fourth-order valence-corrected chi connectivity index (χ4v) is 4.99. The van der Waals surface area contributed by atoms with Crippen LogP contribution in [0.1, 0.15) is 31.9 Å². The summed E-state index contributed by atoms with van der Waals surface area (Å²) in [5, 5.41) is 11.8. The number of hydrogen-bond acceptors (Lipinski definition) is 1. The van der Waals surface area contributed by atoms with Crippen molar-refractivity contribution in [3.8, 4) is 22.9 Å². The first kappa shape index (κ1) is 20.5. The molecule has 2 nitrogen and oxygen atoms in total. The zero-order valence-electron chi connectivity index (χ0n) is 18.4. The average molecular weight is 479 g/mol. The highest BCUT2D eigenvalue weighted by atomic mass is 79.9. The van der Waals surface area contributed by atoms with Gasteiger partial charge in [-0.3, -0.25) is 0 Å². The largest absolute Gasteiger partial charge is 0.308 e. The van der Waals surface area contributed by atoms with Gasteiger partial charge in [-0.05, 0) is 74.4 Å². The zero-order chi connectivity index (χ0) is 22.5. The molecule has 3 heteroatoms. The fraction of sp³-hybridized carbons (Fsp3) is 0.138. The van der Waals surface area contributed by atoms with Gasteiger partial charge in [0.25, 0.3) is 0 Å². The molecule has 5 rings (SSSR count). The molecule has 0 N–H and O–H groups in total. The molecule has 0 unspecified atom stereocenters. The highest BCUT2D eigenvalue weighted by Gasteiger charge is 2.20. The highest BCUT2D eigenvalue weighted by Crippen LogP contribution is 2.39. The molecule has 0 atom stereocenters. The molecule has 0 radical (unpaired) electrons. The second-order valence-electron chi connectivity index (χ2n) is 9.20. The van der Waals surface area contributed by atoms with Gasteiger partial charge in [0.15, 0.2) is 0 Å². The minimum Gasteiger partial charge on any atom is -0.308 e. The van der Waals surface area contributed by atoms with Gasteiger partial charge in [-0.2, -0.15) is 5.26 Å². The van der Waals surface area contributed by atoms with Crippen LogP contribution in [0.2, 0.25) is 0 Å². The molecule has 4 aromatic carbocycles. The summed E-state index contributed by atoms with van der Waals surface area (Å²) in [7, 11) is 0. The number of halogens is 1. The second-order valence-corrected chi connectivity index (χ2v) is 10.1. The van der Waals surface area contributed by atoms with Gasteiger partial charge in [0.1, 0.15) is 0 Å². The van der Waals surface area contributed by atoms with E-state index in [1.165, 1.54) is 16.7 Å². The van der Waals surface area contributed by atoms with Crippen molar-refractivity contribution in [1.29, 1.82) is 5.26 Å². The van der Waals surface area contributed by atoms with Crippen molar-refractivity contribution in [2.75, 3.05) is 0 Å². The lowest BCUT2D eigenvalue weighted by molar-refractivity contribution is 0.591. The fourth-order valence-electron chi connectivity index (χ4n) is 4.35. The number of hydrogen-bond donors (Lipinski definition) is 0. The van der Waals surface area contributed by atoms with Gasteiger partial charge in [0.2, 0.25) is 0 Å². The first-order valence-corrected chi connectivity index (χ1v) is 11.5. The first-order valence-electron chi connectivity index (χ1n) is 10.7. The summed E-state index contributed by atoms with van der Waals surface area (Å²) < 4.78 is 3.22. The van der Waals surface area contributed by atoms with Crippen molar-refractivity contribution >= 4 is 37.7 Å². The Hall–Kier alpha value is -3.35. The Morgan fingerprint density at radius 1 is 0.781 bits per heavy atom. The van der Waals surface area contributed by atoms with E-state index in [-0.39, 0.29) is 5.41 Å². The van der Waals surface area contributed by atoms with Crippen LogP contribution in [0.3, 0.4) is 0 Å². The lowest BCUT2D eigenvalue weighted by Crippen LogP contribution is -2.10. The van der Waals surface area contributed by atoms with E-state index in [1.54, 1.807) is 0 Å². The standard InChI is InChI=1S/C29H23BrN2/c1-29(2,3)22-12-13-27-24(17-22)25-14-19(18-31)15-26(30)28(25)32(27)23-11-7-10-21(16-23)20-8-5-4-6-9-20/h4-17H,1-3H3. The predicted octanol–water partition coefficient (Wildman–Crippen LogP) is 8.38. The van der Waals surface area contributed by atoms with Crippen molar-refractivity contribution in [2.45, 2.75) is 26.2 Å². The van der Waals surface area contributed by atoms with Gasteiger partial charge in [-0.1, -0.05) is 69.3 Å². The molecule has 0 fully saturated rings. The van der Waals surface area contributed by atoms with Gasteiger partial charge in [0, 0.05) is 20.9 Å².